The molecule has 1 aliphatic rings. The third-order valence-corrected chi connectivity index (χ3v) is 4.11. The Hall–Kier alpha value is -3.02. The van der Waals surface area contributed by atoms with Gasteiger partial charge in [-0.2, -0.15) is 0 Å². The molecule has 1 aliphatic heterocycles. The van der Waals surface area contributed by atoms with Gasteiger partial charge in [0.15, 0.2) is 0 Å². The van der Waals surface area contributed by atoms with Gasteiger partial charge in [-0.1, -0.05) is 6.07 Å². The van der Waals surface area contributed by atoms with Crippen LogP contribution in [0.5, 0.6) is 0 Å². The van der Waals surface area contributed by atoms with Crippen molar-refractivity contribution in [2.45, 2.75) is 19.3 Å². The first-order valence-corrected chi connectivity index (χ1v) is 8.23. The molecular weight excluding hydrogens is 316 g/mol. The standard InChI is InChI=1S/C19H20N4O2/c1-14(24)22-18-7-5-15(12-21-18)6-8-19(25)23-11-9-16(13-23)17-4-2-3-10-20-17/h2-8,10,12,16H,9,11,13H2,1H3,(H,21,22,24)/b8-6+/t16-/m1/s1. The van der Waals surface area contributed by atoms with Crippen molar-refractivity contribution in [1.82, 2.24) is 14.9 Å². The Morgan fingerprint density at radius 2 is 2.12 bits per heavy atom. The Morgan fingerprint density at radius 3 is 2.80 bits per heavy atom. The minimum absolute atomic E-state index is 0.00984. The second-order valence-corrected chi connectivity index (χ2v) is 6.02. The fraction of sp³-hybridized carbons (Fsp3) is 0.263. The second-order valence-electron chi connectivity index (χ2n) is 6.02. The van der Waals surface area contributed by atoms with Crippen LogP contribution in [0.15, 0.2) is 48.8 Å². The highest BCUT2D eigenvalue weighted by Gasteiger charge is 2.26. The number of amides is 2. The molecule has 0 unspecified atom stereocenters. The molecule has 128 valence electrons. The van der Waals surface area contributed by atoms with E-state index in [4.69, 9.17) is 0 Å². The van der Waals surface area contributed by atoms with E-state index in [0.29, 0.717) is 18.3 Å². The molecule has 0 bridgehead atoms. The van der Waals surface area contributed by atoms with Crippen LogP contribution in [0, 0.1) is 0 Å². The SMILES string of the molecule is CC(=O)Nc1ccc(/C=C/C(=O)N2CC[C@@H](c3ccccn3)C2)cn1. The van der Waals surface area contributed by atoms with E-state index in [9.17, 15) is 9.59 Å². The third-order valence-electron chi connectivity index (χ3n) is 4.11. The zero-order valence-electron chi connectivity index (χ0n) is 14.1. The monoisotopic (exact) mass is 336 g/mol. The van der Waals surface area contributed by atoms with Crippen molar-refractivity contribution in [2.75, 3.05) is 18.4 Å². The molecule has 0 aliphatic carbocycles. The van der Waals surface area contributed by atoms with Crippen molar-refractivity contribution >= 4 is 23.7 Å². The number of likely N-dealkylation sites (tertiary alicyclic amines) is 1. The Bertz CT molecular complexity index is 772. The molecule has 3 rings (SSSR count). The Morgan fingerprint density at radius 1 is 1.24 bits per heavy atom. The van der Waals surface area contributed by atoms with Crippen molar-refractivity contribution < 1.29 is 9.59 Å². The van der Waals surface area contributed by atoms with Gasteiger partial charge in [0.2, 0.25) is 11.8 Å². The number of rotatable bonds is 4. The number of carbonyl (C=O) groups excluding carboxylic acids is 2. The van der Waals surface area contributed by atoms with Crippen molar-refractivity contribution in [3.8, 4) is 0 Å². The predicted octanol–water partition coefficient (Wildman–Crippen LogP) is 2.46. The average molecular weight is 336 g/mol. The van der Waals surface area contributed by atoms with E-state index in [1.807, 2.05) is 29.2 Å². The van der Waals surface area contributed by atoms with Crippen molar-refractivity contribution in [3.05, 3.63) is 60.1 Å². The minimum atomic E-state index is -0.164. The lowest BCUT2D eigenvalue weighted by atomic mass is 10.0. The van der Waals surface area contributed by atoms with Crippen LogP contribution in [0.3, 0.4) is 0 Å². The molecule has 1 fully saturated rings. The topological polar surface area (TPSA) is 75.2 Å². The summed E-state index contributed by atoms with van der Waals surface area (Å²) in [7, 11) is 0. The largest absolute Gasteiger partial charge is 0.338 e. The fourth-order valence-electron chi connectivity index (χ4n) is 2.85. The highest BCUT2D eigenvalue weighted by Crippen LogP contribution is 2.25. The van der Waals surface area contributed by atoms with Crippen molar-refractivity contribution in [2.24, 2.45) is 0 Å². The summed E-state index contributed by atoms with van der Waals surface area (Å²) in [6.07, 6.45) is 7.65. The molecule has 2 amide bonds. The zero-order valence-corrected chi connectivity index (χ0v) is 14.1. The van der Waals surface area contributed by atoms with Gasteiger partial charge in [-0.3, -0.25) is 14.6 Å². The van der Waals surface area contributed by atoms with Gasteiger partial charge in [0.05, 0.1) is 0 Å². The molecule has 1 saturated heterocycles. The van der Waals surface area contributed by atoms with E-state index in [-0.39, 0.29) is 11.8 Å². The highest BCUT2D eigenvalue weighted by atomic mass is 16.2. The summed E-state index contributed by atoms with van der Waals surface area (Å²) < 4.78 is 0. The van der Waals surface area contributed by atoms with E-state index in [1.165, 1.54) is 6.92 Å². The van der Waals surface area contributed by atoms with Gasteiger partial charge < -0.3 is 10.2 Å². The molecule has 2 aromatic heterocycles. The lowest BCUT2D eigenvalue weighted by molar-refractivity contribution is -0.125. The van der Waals surface area contributed by atoms with Gasteiger partial charge >= 0.3 is 0 Å². The predicted molar refractivity (Wildman–Crippen MR) is 95.7 cm³/mol. The van der Waals surface area contributed by atoms with E-state index < -0.39 is 0 Å². The number of hydrogen-bond donors (Lipinski definition) is 1. The van der Waals surface area contributed by atoms with Crippen LogP contribution in [0.25, 0.3) is 6.08 Å². The molecule has 0 saturated carbocycles. The maximum Gasteiger partial charge on any atom is 0.246 e. The van der Waals surface area contributed by atoms with E-state index in [1.54, 1.807) is 30.6 Å². The number of hydrogen-bond acceptors (Lipinski definition) is 4. The first kappa shape index (κ1) is 16.8. The molecule has 6 heteroatoms. The first-order chi connectivity index (χ1) is 12.1. The maximum absolute atomic E-state index is 12.3. The molecule has 1 N–H and O–H groups in total. The average Bonchev–Trinajstić information content (AvgIpc) is 3.11. The molecule has 6 nitrogen and oxygen atoms in total. The van der Waals surface area contributed by atoms with Crippen LogP contribution in [0.1, 0.15) is 30.5 Å². The normalized spacial score (nSPS) is 17.0. The van der Waals surface area contributed by atoms with Gasteiger partial charge in [0.25, 0.3) is 0 Å². The van der Waals surface area contributed by atoms with Gasteiger partial charge in [-0.25, -0.2) is 4.98 Å². The van der Waals surface area contributed by atoms with Crippen LogP contribution in [0.4, 0.5) is 5.82 Å². The molecular formula is C19H20N4O2. The van der Waals surface area contributed by atoms with Crippen LogP contribution >= 0.6 is 0 Å². The van der Waals surface area contributed by atoms with Crippen LogP contribution in [-0.2, 0) is 9.59 Å². The highest BCUT2D eigenvalue weighted by molar-refractivity contribution is 5.92. The van der Waals surface area contributed by atoms with E-state index in [2.05, 4.69) is 15.3 Å². The van der Waals surface area contributed by atoms with E-state index >= 15 is 0 Å². The zero-order chi connectivity index (χ0) is 17.6. The lowest BCUT2D eigenvalue weighted by Gasteiger charge is -2.14. The molecule has 1 atom stereocenters. The van der Waals surface area contributed by atoms with E-state index in [0.717, 1.165) is 24.2 Å². The Balaban J connectivity index is 1.57. The lowest BCUT2D eigenvalue weighted by Crippen LogP contribution is -2.26. The van der Waals surface area contributed by atoms with Crippen molar-refractivity contribution in [3.63, 3.8) is 0 Å². The number of pyridine rings is 2. The minimum Gasteiger partial charge on any atom is -0.338 e. The Labute approximate surface area is 146 Å². The molecule has 25 heavy (non-hydrogen) atoms. The van der Waals surface area contributed by atoms with Crippen LogP contribution in [0.2, 0.25) is 0 Å². The molecule has 0 radical (unpaired) electrons. The first-order valence-electron chi connectivity index (χ1n) is 8.23. The van der Waals surface area contributed by atoms with Gasteiger partial charge in [-0.15, -0.1) is 0 Å². The maximum atomic E-state index is 12.3. The summed E-state index contributed by atoms with van der Waals surface area (Å²) in [5, 5.41) is 2.61. The smallest absolute Gasteiger partial charge is 0.246 e. The summed E-state index contributed by atoms with van der Waals surface area (Å²) in [4.78, 5) is 33.7. The fourth-order valence-corrected chi connectivity index (χ4v) is 2.85. The Kier molecular flexibility index (Phi) is 5.18. The summed E-state index contributed by atoms with van der Waals surface area (Å²) in [6, 6.07) is 9.40. The van der Waals surface area contributed by atoms with Crippen molar-refractivity contribution in [1.29, 1.82) is 0 Å². The summed E-state index contributed by atoms with van der Waals surface area (Å²) in [5.74, 6) is 0.623. The number of anilines is 1. The summed E-state index contributed by atoms with van der Waals surface area (Å²) >= 11 is 0. The number of nitrogens with zero attached hydrogens (tertiary/aromatic N) is 3. The quantitative estimate of drug-likeness (QED) is 0.870. The summed E-state index contributed by atoms with van der Waals surface area (Å²) in [5.41, 5.74) is 1.85. The molecule has 0 spiro atoms. The molecule has 3 heterocycles. The number of carbonyl (C=O) groups is 2. The van der Waals surface area contributed by atoms with Gasteiger partial charge in [0.1, 0.15) is 5.82 Å². The van der Waals surface area contributed by atoms with Gasteiger partial charge in [0, 0.05) is 50.1 Å². The second kappa shape index (κ2) is 7.70. The third kappa shape index (κ3) is 4.50. The van der Waals surface area contributed by atoms with Gasteiger partial charge in [-0.05, 0) is 42.3 Å². The molecule has 2 aromatic rings. The number of aromatic nitrogens is 2. The number of nitrogens with one attached hydrogen (secondary N) is 1. The van der Waals surface area contributed by atoms with Crippen LogP contribution in [-0.4, -0.2) is 39.8 Å². The summed E-state index contributed by atoms with van der Waals surface area (Å²) in [6.45, 7) is 2.87. The van der Waals surface area contributed by atoms with Crippen LogP contribution < -0.4 is 5.32 Å². The molecule has 0 aromatic carbocycles.